The molecule has 2 N–H and O–H groups in total. The molecule has 0 aromatic rings. The van der Waals surface area contributed by atoms with Crippen LogP contribution in [-0.4, -0.2) is 24.5 Å². The first-order chi connectivity index (χ1) is 6.27. The van der Waals surface area contributed by atoms with E-state index in [1.54, 1.807) is 0 Å². The van der Waals surface area contributed by atoms with Gasteiger partial charge in [0.25, 0.3) is 0 Å². The number of hydrogen-bond acceptors (Lipinski definition) is 2. The van der Waals surface area contributed by atoms with Crippen LogP contribution in [0.3, 0.4) is 0 Å². The predicted molar refractivity (Wildman–Crippen MR) is 49.2 cm³/mol. The highest BCUT2D eigenvalue weighted by Gasteiger charge is 2.50. The summed E-state index contributed by atoms with van der Waals surface area (Å²) in [5, 5.41) is 6.39. The van der Waals surface area contributed by atoms with Crippen LogP contribution < -0.4 is 10.6 Å². The van der Waals surface area contributed by atoms with Crippen molar-refractivity contribution in [1.82, 2.24) is 10.6 Å². The van der Waals surface area contributed by atoms with Crippen LogP contribution in [0.25, 0.3) is 0 Å². The number of rotatable bonds is 2. The normalized spacial score (nSPS) is 34.9. The third-order valence-electron chi connectivity index (χ3n) is 3.56. The van der Waals surface area contributed by atoms with E-state index in [4.69, 9.17) is 0 Å². The molecule has 13 heavy (non-hydrogen) atoms. The quantitative estimate of drug-likeness (QED) is 0.646. The number of amides is 1. The summed E-state index contributed by atoms with van der Waals surface area (Å²) in [5.41, 5.74) is 0.533. The summed E-state index contributed by atoms with van der Waals surface area (Å²) < 4.78 is 0. The Hall–Kier alpha value is -0.570. The lowest BCUT2D eigenvalue weighted by Crippen LogP contribution is -2.41. The van der Waals surface area contributed by atoms with Crippen molar-refractivity contribution in [2.24, 2.45) is 5.41 Å². The van der Waals surface area contributed by atoms with Gasteiger partial charge in [0, 0.05) is 12.6 Å². The van der Waals surface area contributed by atoms with Crippen molar-refractivity contribution in [2.75, 3.05) is 6.54 Å². The van der Waals surface area contributed by atoms with Crippen LogP contribution >= 0.6 is 0 Å². The van der Waals surface area contributed by atoms with Crippen LogP contribution in [0, 0.1) is 5.41 Å². The first-order valence-electron chi connectivity index (χ1n) is 5.31. The molecule has 0 aromatic heterocycles. The monoisotopic (exact) mass is 180 g/mol. The van der Waals surface area contributed by atoms with Gasteiger partial charge >= 0.3 is 0 Å². The lowest BCUT2D eigenvalue weighted by molar-refractivity contribution is -0.123. The minimum atomic E-state index is 0.114. The molecule has 1 heterocycles. The maximum absolute atomic E-state index is 11.6. The van der Waals surface area contributed by atoms with Crippen molar-refractivity contribution in [3.8, 4) is 0 Å². The molecule has 2 aliphatic carbocycles. The van der Waals surface area contributed by atoms with E-state index in [1.165, 1.54) is 25.7 Å². The Balaban J connectivity index is 1.56. The largest absolute Gasteiger partial charge is 0.352 e. The second-order valence-corrected chi connectivity index (χ2v) is 4.92. The van der Waals surface area contributed by atoms with Gasteiger partial charge in [-0.3, -0.25) is 4.79 Å². The minimum Gasteiger partial charge on any atom is -0.352 e. The highest BCUT2D eigenvalue weighted by molar-refractivity contribution is 5.82. The van der Waals surface area contributed by atoms with Gasteiger partial charge in [0.2, 0.25) is 5.91 Å². The summed E-state index contributed by atoms with van der Waals surface area (Å²) in [5.74, 6) is 0.242. The zero-order valence-corrected chi connectivity index (χ0v) is 7.81. The lowest BCUT2D eigenvalue weighted by Gasteiger charge is -2.10. The summed E-state index contributed by atoms with van der Waals surface area (Å²) in [4.78, 5) is 11.6. The summed E-state index contributed by atoms with van der Waals surface area (Å²) in [6, 6.07) is 0.619. The Morgan fingerprint density at radius 1 is 1.38 bits per heavy atom. The van der Waals surface area contributed by atoms with Gasteiger partial charge in [0.1, 0.15) is 0 Å². The maximum atomic E-state index is 11.6. The molecule has 3 nitrogen and oxygen atoms in total. The number of nitrogens with one attached hydrogen (secondary N) is 2. The Kier molecular flexibility index (Phi) is 1.48. The molecule has 2 saturated carbocycles. The fourth-order valence-corrected chi connectivity index (χ4v) is 2.19. The second-order valence-electron chi connectivity index (χ2n) is 4.92. The van der Waals surface area contributed by atoms with Crippen LogP contribution in [-0.2, 0) is 4.79 Å². The van der Waals surface area contributed by atoms with Gasteiger partial charge in [-0.1, -0.05) is 0 Å². The number of hydrogen-bond donors (Lipinski definition) is 2. The summed E-state index contributed by atoms with van der Waals surface area (Å²) >= 11 is 0. The molecule has 3 fully saturated rings. The SMILES string of the molecule is O=C(NC1CC1)[C@H]1CC2(CC2)CN1. The molecule has 0 radical (unpaired) electrons. The highest BCUT2D eigenvalue weighted by atomic mass is 16.2. The third kappa shape index (κ3) is 1.46. The molecule has 1 amide bonds. The lowest BCUT2D eigenvalue weighted by atomic mass is 10.0. The molecule has 1 spiro atoms. The summed E-state index contributed by atoms with van der Waals surface area (Å²) in [7, 11) is 0. The summed E-state index contributed by atoms with van der Waals surface area (Å²) in [6.45, 7) is 1.07. The smallest absolute Gasteiger partial charge is 0.237 e. The Morgan fingerprint density at radius 2 is 2.15 bits per heavy atom. The predicted octanol–water partition coefficient (Wildman–Crippen LogP) is 0.407. The molecule has 0 unspecified atom stereocenters. The average molecular weight is 180 g/mol. The fraction of sp³-hybridized carbons (Fsp3) is 0.900. The van der Waals surface area contributed by atoms with E-state index in [2.05, 4.69) is 10.6 Å². The first-order valence-corrected chi connectivity index (χ1v) is 5.31. The summed E-state index contributed by atoms with van der Waals surface area (Å²) in [6.07, 6.45) is 6.10. The molecular weight excluding hydrogens is 164 g/mol. The van der Waals surface area contributed by atoms with Gasteiger partial charge in [-0.25, -0.2) is 0 Å². The number of carbonyl (C=O) groups is 1. The van der Waals surface area contributed by atoms with Crippen molar-refractivity contribution in [3.05, 3.63) is 0 Å². The highest BCUT2D eigenvalue weighted by Crippen LogP contribution is 2.51. The van der Waals surface area contributed by atoms with Crippen LogP contribution in [0.2, 0.25) is 0 Å². The van der Waals surface area contributed by atoms with Crippen LogP contribution in [0.5, 0.6) is 0 Å². The van der Waals surface area contributed by atoms with E-state index in [1.807, 2.05) is 0 Å². The molecule has 1 atom stereocenters. The van der Waals surface area contributed by atoms with E-state index < -0.39 is 0 Å². The van der Waals surface area contributed by atoms with Crippen molar-refractivity contribution >= 4 is 5.91 Å². The van der Waals surface area contributed by atoms with E-state index in [-0.39, 0.29) is 11.9 Å². The maximum Gasteiger partial charge on any atom is 0.237 e. The zero-order chi connectivity index (χ0) is 8.89. The van der Waals surface area contributed by atoms with Gasteiger partial charge < -0.3 is 10.6 Å². The van der Waals surface area contributed by atoms with Gasteiger partial charge in [-0.2, -0.15) is 0 Å². The van der Waals surface area contributed by atoms with Crippen LogP contribution in [0.1, 0.15) is 32.1 Å². The van der Waals surface area contributed by atoms with Crippen LogP contribution in [0.4, 0.5) is 0 Å². The molecule has 3 heteroatoms. The Labute approximate surface area is 78.3 Å². The van der Waals surface area contributed by atoms with Crippen LogP contribution in [0.15, 0.2) is 0 Å². The van der Waals surface area contributed by atoms with Gasteiger partial charge in [0.15, 0.2) is 0 Å². The molecule has 1 aliphatic heterocycles. The molecule has 1 saturated heterocycles. The topological polar surface area (TPSA) is 41.1 Å². The van der Waals surface area contributed by atoms with Gasteiger partial charge in [-0.15, -0.1) is 0 Å². The molecule has 72 valence electrons. The Bertz CT molecular complexity index is 243. The zero-order valence-electron chi connectivity index (χ0n) is 7.81. The molecule has 3 rings (SSSR count). The molecule has 0 aromatic carbocycles. The fourth-order valence-electron chi connectivity index (χ4n) is 2.19. The van der Waals surface area contributed by atoms with E-state index in [0.717, 1.165) is 13.0 Å². The first kappa shape index (κ1) is 7.80. The van der Waals surface area contributed by atoms with E-state index in [0.29, 0.717) is 11.5 Å². The third-order valence-corrected chi connectivity index (χ3v) is 3.56. The van der Waals surface area contributed by atoms with Crippen molar-refractivity contribution < 1.29 is 4.79 Å². The van der Waals surface area contributed by atoms with Crippen molar-refractivity contribution in [1.29, 1.82) is 0 Å². The minimum absolute atomic E-state index is 0.114. The second kappa shape index (κ2) is 2.47. The van der Waals surface area contributed by atoms with Crippen molar-refractivity contribution in [2.45, 2.75) is 44.2 Å². The Morgan fingerprint density at radius 3 is 2.69 bits per heavy atom. The molecule has 3 aliphatic rings. The average Bonchev–Trinajstić information content (AvgIpc) is 2.94. The van der Waals surface area contributed by atoms with E-state index in [9.17, 15) is 4.79 Å². The van der Waals surface area contributed by atoms with Crippen molar-refractivity contribution in [3.63, 3.8) is 0 Å². The van der Waals surface area contributed by atoms with Gasteiger partial charge in [0.05, 0.1) is 6.04 Å². The molecule has 0 bridgehead atoms. The van der Waals surface area contributed by atoms with Gasteiger partial charge in [-0.05, 0) is 37.5 Å². The molecular formula is C10H16N2O. The number of carbonyl (C=O) groups excluding carboxylic acids is 1. The van der Waals surface area contributed by atoms with E-state index >= 15 is 0 Å². The standard InChI is InChI=1S/C10H16N2O/c13-9(12-7-1-2-7)8-5-10(3-4-10)6-11-8/h7-8,11H,1-6H2,(H,12,13)/t8-/m1/s1.